The second-order valence-corrected chi connectivity index (χ2v) is 8.76. The third kappa shape index (κ3) is 5.71. The van der Waals surface area contributed by atoms with Gasteiger partial charge in [-0.2, -0.15) is 0 Å². The first-order valence-corrected chi connectivity index (χ1v) is 11.8. The first-order chi connectivity index (χ1) is 17.4. The fourth-order valence-corrected chi connectivity index (χ4v) is 3.98. The van der Waals surface area contributed by atoms with Gasteiger partial charge in [0.25, 0.3) is 5.91 Å². The molecule has 1 fully saturated rings. The lowest BCUT2D eigenvalue weighted by Gasteiger charge is -2.25. The molecule has 7 nitrogen and oxygen atoms in total. The van der Waals surface area contributed by atoms with E-state index < -0.39 is 18.2 Å². The highest BCUT2D eigenvalue weighted by Crippen LogP contribution is 2.34. The number of ether oxygens (including phenoxy) is 1. The van der Waals surface area contributed by atoms with Crippen molar-refractivity contribution in [1.29, 1.82) is 0 Å². The molecule has 0 saturated carbocycles. The van der Waals surface area contributed by atoms with E-state index in [4.69, 9.17) is 4.74 Å². The summed E-state index contributed by atoms with van der Waals surface area (Å²) in [6, 6.07) is 20.5. The number of halogens is 1. The van der Waals surface area contributed by atoms with Crippen molar-refractivity contribution in [3.63, 3.8) is 0 Å². The summed E-state index contributed by atoms with van der Waals surface area (Å²) >= 11 is 0. The van der Waals surface area contributed by atoms with Crippen LogP contribution in [0.5, 0.6) is 0 Å². The minimum Gasteiger partial charge on any atom is -0.438 e. The van der Waals surface area contributed by atoms with E-state index in [0.29, 0.717) is 22.4 Å². The quantitative estimate of drug-likeness (QED) is 0.463. The first-order valence-electron chi connectivity index (χ1n) is 11.8. The second kappa shape index (κ2) is 11.0. The van der Waals surface area contributed by atoms with Crippen LogP contribution in [0.4, 0.5) is 14.9 Å². The number of hydrogen-bond donors (Lipinski definition) is 2. The minimum atomic E-state index is -0.915. The van der Waals surface area contributed by atoms with Gasteiger partial charge in [-0.25, -0.2) is 9.18 Å². The van der Waals surface area contributed by atoms with E-state index in [-0.39, 0.29) is 30.2 Å². The van der Waals surface area contributed by atoms with Crippen LogP contribution in [-0.4, -0.2) is 34.9 Å². The normalized spacial score (nSPS) is 17.9. The van der Waals surface area contributed by atoms with Crippen LogP contribution < -0.4 is 10.6 Å². The topological polar surface area (TPSA) is 87.7 Å². The van der Waals surface area contributed by atoms with E-state index in [2.05, 4.69) is 10.6 Å². The number of nitrogens with one attached hydrogen (secondary N) is 2. The molecule has 1 aliphatic rings. The van der Waals surface area contributed by atoms with E-state index in [0.717, 1.165) is 6.42 Å². The summed E-state index contributed by atoms with van der Waals surface area (Å²) in [5, 5.41) is 5.77. The standard InChI is InChI=1S/C28H28FN3O4/c1-3-18(2)30-27(34)24-25(36-28(35)32(24)17-19-9-13-22(29)14-10-19)20-11-15-23(16-12-20)31-26(33)21-7-5-4-6-8-21/h4-16,18,24-25H,3,17H2,1-2H3,(H,30,34)(H,31,33). The highest BCUT2D eigenvalue weighted by atomic mass is 19.1. The smallest absolute Gasteiger partial charge is 0.411 e. The Morgan fingerprint density at radius 2 is 1.67 bits per heavy atom. The first kappa shape index (κ1) is 24.9. The lowest BCUT2D eigenvalue weighted by atomic mass is 10.00. The van der Waals surface area contributed by atoms with Crippen molar-refractivity contribution in [3.05, 3.63) is 101 Å². The lowest BCUT2D eigenvalue weighted by Crippen LogP contribution is -2.48. The van der Waals surface area contributed by atoms with Gasteiger partial charge in [-0.1, -0.05) is 49.4 Å². The summed E-state index contributed by atoms with van der Waals surface area (Å²) in [5.41, 5.74) is 2.39. The van der Waals surface area contributed by atoms with Crippen LogP contribution in [0.1, 0.15) is 47.9 Å². The van der Waals surface area contributed by atoms with Crippen molar-refractivity contribution in [3.8, 4) is 0 Å². The van der Waals surface area contributed by atoms with Crippen LogP contribution in [0, 0.1) is 5.82 Å². The summed E-state index contributed by atoms with van der Waals surface area (Å²) in [7, 11) is 0. The predicted octanol–water partition coefficient (Wildman–Crippen LogP) is 5.05. The molecule has 2 N–H and O–H groups in total. The number of carbonyl (C=O) groups is 3. The molecule has 1 heterocycles. The number of anilines is 1. The molecule has 4 rings (SSSR count). The Hall–Kier alpha value is -4.20. The highest BCUT2D eigenvalue weighted by Gasteiger charge is 2.47. The average Bonchev–Trinajstić information content (AvgIpc) is 3.22. The molecule has 8 heteroatoms. The van der Waals surface area contributed by atoms with Gasteiger partial charge in [-0.15, -0.1) is 0 Å². The van der Waals surface area contributed by atoms with Crippen molar-refractivity contribution in [2.24, 2.45) is 0 Å². The molecule has 3 aromatic carbocycles. The van der Waals surface area contributed by atoms with Crippen molar-refractivity contribution >= 4 is 23.6 Å². The van der Waals surface area contributed by atoms with Crippen molar-refractivity contribution in [2.75, 3.05) is 5.32 Å². The summed E-state index contributed by atoms with van der Waals surface area (Å²) < 4.78 is 19.0. The maximum atomic E-state index is 13.4. The van der Waals surface area contributed by atoms with Crippen LogP contribution in [0.25, 0.3) is 0 Å². The molecule has 3 unspecified atom stereocenters. The molecule has 3 atom stereocenters. The van der Waals surface area contributed by atoms with Crippen LogP contribution in [-0.2, 0) is 16.1 Å². The van der Waals surface area contributed by atoms with Gasteiger partial charge in [0.05, 0.1) is 6.54 Å². The molecule has 0 radical (unpaired) electrons. The maximum absolute atomic E-state index is 13.4. The molecule has 1 saturated heterocycles. The van der Waals surface area contributed by atoms with Gasteiger partial charge in [0.15, 0.2) is 12.1 Å². The molecular formula is C28H28FN3O4. The van der Waals surface area contributed by atoms with Gasteiger partial charge in [-0.05, 0) is 60.9 Å². The Balaban J connectivity index is 1.56. The molecule has 0 bridgehead atoms. The van der Waals surface area contributed by atoms with Crippen molar-refractivity contribution < 1.29 is 23.5 Å². The second-order valence-electron chi connectivity index (χ2n) is 8.76. The van der Waals surface area contributed by atoms with Crippen LogP contribution in [0.15, 0.2) is 78.9 Å². The Labute approximate surface area is 209 Å². The van der Waals surface area contributed by atoms with E-state index in [1.54, 1.807) is 60.7 Å². The van der Waals surface area contributed by atoms with Gasteiger partial charge in [0, 0.05) is 17.3 Å². The van der Waals surface area contributed by atoms with Crippen LogP contribution in [0.2, 0.25) is 0 Å². The zero-order valence-electron chi connectivity index (χ0n) is 20.1. The van der Waals surface area contributed by atoms with E-state index in [9.17, 15) is 18.8 Å². The monoisotopic (exact) mass is 489 g/mol. The molecule has 0 aliphatic carbocycles. The van der Waals surface area contributed by atoms with Crippen LogP contribution in [0.3, 0.4) is 0 Å². The maximum Gasteiger partial charge on any atom is 0.411 e. The third-order valence-electron chi connectivity index (χ3n) is 6.15. The Bertz CT molecular complexity index is 1220. The highest BCUT2D eigenvalue weighted by molar-refractivity contribution is 6.04. The number of hydrogen-bond acceptors (Lipinski definition) is 4. The molecule has 186 valence electrons. The summed E-state index contributed by atoms with van der Waals surface area (Å²) in [4.78, 5) is 39.9. The number of cyclic esters (lactones) is 1. The van der Waals surface area contributed by atoms with Gasteiger partial charge in [0.1, 0.15) is 5.82 Å². The molecule has 3 aromatic rings. The van der Waals surface area contributed by atoms with Crippen molar-refractivity contribution in [2.45, 2.75) is 45.0 Å². The molecule has 36 heavy (non-hydrogen) atoms. The SMILES string of the molecule is CCC(C)NC(=O)C1C(c2ccc(NC(=O)c3ccccc3)cc2)OC(=O)N1Cc1ccc(F)cc1. The fourth-order valence-electron chi connectivity index (χ4n) is 3.98. The number of benzene rings is 3. The number of carbonyl (C=O) groups excluding carboxylic acids is 3. The predicted molar refractivity (Wildman–Crippen MR) is 134 cm³/mol. The zero-order valence-corrected chi connectivity index (χ0v) is 20.1. The lowest BCUT2D eigenvalue weighted by molar-refractivity contribution is -0.127. The molecule has 3 amide bonds. The molecule has 1 aliphatic heterocycles. The average molecular weight is 490 g/mol. The number of amides is 3. The van der Waals surface area contributed by atoms with Crippen LogP contribution >= 0.6 is 0 Å². The van der Waals surface area contributed by atoms with Gasteiger partial charge >= 0.3 is 6.09 Å². The van der Waals surface area contributed by atoms with E-state index in [1.807, 2.05) is 19.9 Å². The van der Waals surface area contributed by atoms with Gasteiger partial charge in [-0.3, -0.25) is 14.5 Å². The summed E-state index contributed by atoms with van der Waals surface area (Å²) in [6.45, 7) is 3.94. The van der Waals surface area contributed by atoms with Gasteiger partial charge in [0.2, 0.25) is 5.91 Å². The summed E-state index contributed by atoms with van der Waals surface area (Å²) in [5.74, 6) is -0.957. The zero-order chi connectivity index (χ0) is 25.7. The minimum absolute atomic E-state index is 0.0860. The largest absolute Gasteiger partial charge is 0.438 e. The van der Waals surface area contributed by atoms with Gasteiger partial charge < -0.3 is 15.4 Å². The number of nitrogens with zero attached hydrogens (tertiary/aromatic N) is 1. The van der Waals surface area contributed by atoms with Crippen molar-refractivity contribution in [1.82, 2.24) is 10.2 Å². The molecular weight excluding hydrogens is 461 g/mol. The summed E-state index contributed by atoms with van der Waals surface area (Å²) in [6.07, 6.45) is -0.748. The Morgan fingerprint density at radius 1 is 1.00 bits per heavy atom. The van der Waals surface area contributed by atoms with E-state index in [1.165, 1.54) is 17.0 Å². The molecule has 0 aromatic heterocycles. The number of rotatable bonds is 8. The Morgan fingerprint density at radius 3 is 2.31 bits per heavy atom. The fraction of sp³-hybridized carbons (Fsp3) is 0.250. The third-order valence-corrected chi connectivity index (χ3v) is 6.15. The Kier molecular flexibility index (Phi) is 7.63. The van der Waals surface area contributed by atoms with E-state index >= 15 is 0 Å². The molecule has 0 spiro atoms.